The number of urea groups is 1. The van der Waals surface area contributed by atoms with Gasteiger partial charge in [0.1, 0.15) is 0 Å². The van der Waals surface area contributed by atoms with Crippen molar-refractivity contribution in [2.45, 2.75) is 0 Å². The normalized spacial score (nSPS) is 13.1. The van der Waals surface area contributed by atoms with Gasteiger partial charge >= 0.3 is 6.03 Å². The first-order chi connectivity index (χ1) is 22.3. The van der Waals surface area contributed by atoms with Crippen LogP contribution in [0.1, 0.15) is 63.7 Å². The Hall–Kier alpha value is -6.68. The zero-order valence-electron chi connectivity index (χ0n) is 23.8. The van der Waals surface area contributed by atoms with Crippen LogP contribution in [0.15, 0.2) is 97.1 Å². The second kappa shape index (κ2) is 9.93. The molecule has 220 valence electrons. The van der Waals surface area contributed by atoms with Gasteiger partial charge in [-0.1, -0.05) is 72.8 Å². The van der Waals surface area contributed by atoms with Gasteiger partial charge in [-0.05, 0) is 35.4 Å². The molecular formula is C36H21N5O5. The third-order valence-electron chi connectivity index (χ3n) is 8.34. The number of fused-ring (bicyclic) bond motifs is 5. The molecule has 5 N–H and O–H groups in total. The highest BCUT2D eigenvalue weighted by molar-refractivity contribution is 6.35. The summed E-state index contributed by atoms with van der Waals surface area (Å²) in [5, 5.41) is 5.34. The molecule has 0 unspecified atom stereocenters. The van der Waals surface area contributed by atoms with E-state index in [2.05, 4.69) is 20.6 Å². The molecule has 5 aromatic carbocycles. The van der Waals surface area contributed by atoms with Crippen LogP contribution in [0.2, 0.25) is 0 Å². The van der Waals surface area contributed by atoms with Gasteiger partial charge in [0.05, 0.1) is 27.8 Å². The van der Waals surface area contributed by atoms with E-state index in [1.165, 1.54) is 12.1 Å². The monoisotopic (exact) mass is 603 g/mol. The molecule has 2 aliphatic rings. The SMILES string of the molecule is Nc1ccc(-c2ccc(NC(=O)Nc3nc4ccccc4[nH]3)c3c2C(=O)c2ccccc2C3=O)c2c1C(=O)c1ccccc1C2=O. The number of amides is 2. The van der Waals surface area contributed by atoms with Crippen LogP contribution in [-0.4, -0.2) is 39.1 Å². The van der Waals surface area contributed by atoms with Crippen molar-refractivity contribution in [3.8, 4) is 11.1 Å². The summed E-state index contributed by atoms with van der Waals surface area (Å²) in [6, 6.07) is 25.6. The van der Waals surface area contributed by atoms with Gasteiger partial charge in [0.25, 0.3) is 0 Å². The highest BCUT2D eigenvalue weighted by atomic mass is 16.2. The van der Waals surface area contributed by atoms with Gasteiger partial charge in [-0.3, -0.25) is 24.5 Å². The number of ketones is 4. The maximum atomic E-state index is 14.2. The number of aromatic nitrogens is 2. The van der Waals surface area contributed by atoms with Crippen LogP contribution in [0.5, 0.6) is 0 Å². The maximum absolute atomic E-state index is 14.2. The van der Waals surface area contributed by atoms with E-state index in [-0.39, 0.29) is 73.0 Å². The summed E-state index contributed by atoms with van der Waals surface area (Å²) in [7, 11) is 0. The molecule has 10 heteroatoms. The van der Waals surface area contributed by atoms with E-state index in [1.807, 2.05) is 18.2 Å². The minimum Gasteiger partial charge on any atom is -0.398 e. The third-order valence-corrected chi connectivity index (χ3v) is 8.34. The third kappa shape index (κ3) is 3.90. The largest absolute Gasteiger partial charge is 0.398 e. The number of anilines is 3. The van der Waals surface area contributed by atoms with Crippen LogP contribution in [0, 0.1) is 0 Å². The van der Waals surface area contributed by atoms with E-state index in [4.69, 9.17) is 5.73 Å². The number of hydrogen-bond donors (Lipinski definition) is 4. The summed E-state index contributed by atoms with van der Waals surface area (Å²) in [4.78, 5) is 76.3. The van der Waals surface area contributed by atoms with Crippen LogP contribution in [0.3, 0.4) is 0 Å². The van der Waals surface area contributed by atoms with Gasteiger partial charge in [0.15, 0.2) is 23.1 Å². The molecule has 2 aliphatic carbocycles. The number of nitrogens with one attached hydrogen (secondary N) is 3. The Labute approximate surface area is 260 Å². The minimum absolute atomic E-state index is 0.00341. The average Bonchev–Trinajstić information content (AvgIpc) is 3.48. The Morgan fingerprint density at radius 1 is 0.543 bits per heavy atom. The average molecular weight is 604 g/mol. The molecule has 1 aromatic heterocycles. The van der Waals surface area contributed by atoms with E-state index < -0.39 is 29.2 Å². The highest BCUT2D eigenvalue weighted by Gasteiger charge is 2.38. The van der Waals surface area contributed by atoms with Crippen LogP contribution in [-0.2, 0) is 0 Å². The zero-order chi connectivity index (χ0) is 31.7. The Bertz CT molecular complexity index is 2360. The number of hydrogen-bond acceptors (Lipinski definition) is 7. The summed E-state index contributed by atoms with van der Waals surface area (Å²) in [6.07, 6.45) is 0. The molecule has 0 bridgehead atoms. The lowest BCUT2D eigenvalue weighted by Gasteiger charge is -2.26. The molecule has 0 fully saturated rings. The fourth-order valence-electron chi connectivity index (χ4n) is 6.30. The summed E-state index contributed by atoms with van der Waals surface area (Å²) < 4.78 is 0. The molecule has 0 saturated carbocycles. The number of carbonyl (C=O) groups excluding carboxylic acids is 5. The second-order valence-corrected chi connectivity index (χ2v) is 11.0. The van der Waals surface area contributed by atoms with Crippen LogP contribution < -0.4 is 16.4 Å². The molecule has 0 atom stereocenters. The molecular weight excluding hydrogens is 582 g/mol. The number of carbonyl (C=O) groups is 5. The first-order valence-electron chi connectivity index (χ1n) is 14.3. The number of nitrogens with two attached hydrogens (primary N) is 1. The first kappa shape index (κ1) is 26.9. The second-order valence-electron chi connectivity index (χ2n) is 11.0. The fraction of sp³-hybridized carbons (Fsp3) is 0. The van der Waals surface area contributed by atoms with E-state index >= 15 is 0 Å². The summed E-state index contributed by atoms with van der Waals surface area (Å²) >= 11 is 0. The molecule has 1 heterocycles. The molecule has 10 nitrogen and oxygen atoms in total. The van der Waals surface area contributed by atoms with Crippen molar-refractivity contribution in [1.29, 1.82) is 0 Å². The quantitative estimate of drug-likeness (QED) is 0.180. The van der Waals surface area contributed by atoms with E-state index in [0.717, 1.165) is 5.52 Å². The Balaban J connectivity index is 1.29. The van der Waals surface area contributed by atoms with Gasteiger partial charge in [-0.15, -0.1) is 0 Å². The van der Waals surface area contributed by atoms with Gasteiger partial charge in [0, 0.05) is 39.1 Å². The molecule has 0 aliphatic heterocycles. The summed E-state index contributed by atoms with van der Waals surface area (Å²) in [5.41, 5.74) is 9.22. The number of rotatable bonds is 3. The summed E-state index contributed by atoms with van der Waals surface area (Å²) in [5.74, 6) is -1.60. The number of nitrogen functional groups attached to an aromatic ring is 1. The molecule has 46 heavy (non-hydrogen) atoms. The number of aromatic amines is 1. The van der Waals surface area contributed by atoms with Crippen LogP contribution in [0.25, 0.3) is 22.2 Å². The van der Waals surface area contributed by atoms with Gasteiger partial charge < -0.3 is 16.0 Å². The molecule has 2 amide bonds. The maximum Gasteiger partial charge on any atom is 0.326 e. The Kier molecular flexibility index (Phi) is 5.81. The molecule has 0 saturated heterocycles. The highest BCUT2D eigenvalue weighted by Crippen LogP contribution is 2.43. The number of nitrogens with zero attached hydrogens (tertiary/aromatic N) is 1. The fourth-order valence-corrected chi connectivity index (χ4v) is 6.30. The molecule has 0 spiro atoms. The van der Waals surface area contributed by atoms with Gasteiger partial charge in [0.2, 0.25) is 5.95 Å². The topological polar surface area (TPSA) is 164 Å². The Morgan fingerprint density at radius 2 is 1.04 bits per heavy atom. The van der Waals surface area contributed by atoms with Crippen molar-refractivity contribution >= 4 is 57.5 Å². The van der Waals surface area contributed by atoms with Crippen molar-refractivity contribution in [2.75, 3.05) is 16.4 Å². The van der Waals surface area contributed by atoms with E-state index in [9.17, 15) is 24.0 Å². The van der Waals surface area contributed by atoms with Gasteiger partial charge in [-0.25, -0.2) is 9.78 Å². The van der Waals surface area contributed by atoms with Gasteiger partial charge in [-0.2, -0.15) is 0 Å². The van der Waals surface area contributed by atoms with Crippen molar-refractivity contribution in [3.05, 3.63) is 142 Å². The predicted octanol–water partition coefficient (Wildman–Crippen LogP) is 6.01. The zero-order valence-corrected chi connectivity index (χ0v) is 23.8. The first-order valence-corrected chi connectivity index (χ1v) is 14.3. The van der Waals surface area contributed by atoms with Crippen molar-refractivity contribution in [2.24, 2.45) is 0 Å². The van der Waals surface area contributed by atoms with Crippen molar-refractivity contribution in [1.82, 2.24) is 9.97 Å². The van der Waals surface area contributed by atoms with Crippen LogP contribution in [0.4, 0.5) is 22.1 Å². The minimum atomic E-state index is -0.699. The number of H-pyrrole nitrogens is 1. The molecule has 8 rings (SSSR count). The lowest BCUT2D eigenvalue weighted by atomic mass is 9.75. The van der Waals surface area contributed by atoms with E-state index in [0.29, 0.717) is 5.52 Å². The van der Waals surface area contributed by atoms with Crippen LogP contribution >= 0.6 is 0 Å². The smallest absolute Gasteiger partial charge is 0.326 e. The molecule has 0 radical (unpaired) electrons. The lowest BCUT2D eigenvalue weighted by Crippen LogP contribution is -2.27. The van der Waals surface area contributed by atoms with Crippen molar-refractivity contribution in [3.63, 3.8) is 0 Å². The standard InChI is InChI=1S/C36H21N5O5/c37-23-15-13-17(27-29(23)33(44)21-9-3-1-7-19(21)31(27)42)18-14-16-26(30-28(18)32(43)20-8-2-4-10-22(20)34(30)45)40-36(46)41-35-38-24-11-5-6-12-25(24)39-35/h1-16H,37H2,(H3,38,39,40,41,46). The lowest BCUT2D eigenvalue weighted by molar-refractivity contribution is 0.0978. The number of para-hydroxylation sites is 2. The Morgan fingerprint density at radius 3 is 1.65 bits per heavy atom. The van der Waals surface area contributed by atoms with E-state index in [1.54, 1.807) is 66.7 Å². The predicted molar refractivity (Wildman–Crippen MR) is 172 cm³/mol. The summed E-state index contributed by atoms with van der Waals surface area (Å²) in [6.45, 7) is 0. The number of benzene rings is 5. The molecule has 6 aromatic rings. The van der Waals surface area contributed by atoms with Crippen molar-refractivity contribution < 1.29 is 24.0 Å². The number of imidazole rings is 1.